The van der Waals surface area contributed by atoms with Crippen molar-refractivity contribution in [3.05, 3.63) is 93.5 Å². The average molecular weight is 426 g/mol. The van der Waals surface area contributed by atoms with E-state index in [-0.39, 0.29) is 0 Å². The quantitative estimate of drug-likeness (QED) is 0.506. The summed E-state index contributed by atoms with van der Waals surface area (Å²) in [6, 6.07) is 22.7. The predicted octanol–water partition coefficient (Wildman–Crippen LogP) is 5.63. The lowest BCUT2D eigenvalue weighted by atomic mass is 10.1. The van der Waals surface area contributed by atoms with Crippen molar-refractivity contribution in [2.24, 2.45) is 0 Å². The first-order chi connectivity index (χ1) is 13.2. The van der Waals surface area contributed by atoms with E-state index in [1.165, 1.54) is 16.7 Å². The number of hydrogen-bond acceptors (Lipinski definition) is 3. The summed E-state index contributed by atoms with van der Waals surface area (Å²) in [4.78, 5) is 0. The van der Waals surface area contributed by atoms with Gasteiger partial charge in [0.25, 0.3) is 0 Å². The van der Waals surface area contributed by atoms with Crippen molar-refractivity contribution in [3.63, 3.8) is 0 Å². The molecular formula is C23H24BrNO2. The van der Waals surface area contributed by atoms with Crippen molar-refractivity contribution in [1.29, 1.82) is 0 Å². The van der Waals surface area contributed by atoms with E-state index >= 15 is 0 Å². The molecule has 0 spiro atoms. The van der Waals surface area contributed by atoms with E-state index in [1.807, 2.05) is 24.3 Å². The molecule has 0 bridgehead atoms. The van der Waals surface area contributed by atoms with Gasteiger partial charge in [0.1, 0.15) is 6.61 Å². The first kappa shape index (κ1) is 19.5. The Hall–Kier alpha value is -2.30. The summed E-state index contributed by atoms with van der Waals surface area (Å²) < 4.78 is 12.5. The Morgan fingerprint density at radius 3 is 2.33 bits per heavy atom. The van der Waals surface area contributed by atoms with Gasteiger partial charge >= 0.3 is 0 Å². The normalized spacial score (nSPS) is 10.6. The lowest BCUT2D eigenvalue weighted by Gasteiger charge is -2.15. The summed E-state index contributed by atoms with van der Waals surface area (Å²) in [7, 11) is 1.67. The molecule has 140 valence electrons. The number of nitrogens with one attached hydrogen (secondary N) is 1. The fourth-order valence-corrected chi connectivity index (χ4v) is 3.49. The van der Waals surface area contributed by atoms with Gasteiger partial charge < -0.3 is 14.8 Å². The smallest absolute Gasteiger partial charge is 0.175 e. The second-order valence-electron chi connectivity index (χ2n) is 6.41. The van der Waals surface area contributed by atoms with Gasteiger partial charge in [0.05, 0.1) is 11.6 Å². The van der Waals surface area contributed by atoms with Gasteiger partial charge in [0.2, 0.25) is 0 Å². The summed E-state index contributed by atoms with van der Waals surface area (Å²) >= 11 is 3.63. The van der Waals surface area contributed by atoms with Gasteiger partial charge in [-0.05, 0) is 57.2 Å². The van der Waals surface area contributed by atoms with Crippen LogP contribution in [0.5, 0.6) is 11.5 Å². The van der Waals surface area contributed by atoms with Gasteiger partial charge in [-0.25, -0.2) is 0 Å². The van der Waals surface area contributed by atoms with E-state index < -0.39 is 0 Å². The summed E-state index contributed by atoms with van der Waals surface area (Å²) in [6.45, 7) is 4.17. The maximum absolute atomic E-state index is 6.06. The van der Waals surface area contributed by atoms with Crippen LogP contribution in [0.25, 0.3) is 0 Å². The van der Waals surface area contributed by atoms with Crippen LogP contribution in [-0.4, -0.2) is 7.11 Å². The van der Waals surface area contributed by atoms with Gasteiger partial charge in [0, 0.05) is 13.1 Å². The van der Waals surface area contributed by atoms with Gasteiger partial charge in [0.15, 0.2) is 11.5 Å². The van der Waals surface area contributed by atoms with Crippen molar-refractivity contribution in [3.8, 4) is 11.5 Å². The van der Waals surface area contributed by atoms with E-state index in [9.17, 15) is 0 Å². The third kappa shape index (κ3) is 5.34. The zero-order valence-corrected chi connectivity index (χ0v) is 17.3. The number of rotatable bonds is 8. The highest BCUT2D eigenvalue weighted by Crippen LogP contribution is 2.37. The van der Waals surface area contributed by atoms with Gasteiger partial charge in [-0.2, -0.15) is 0 Å². The molecule has 0 saturated carbocycles. The zero-order valence-electron chi connectivity index (χ0n) is 15.7. The topological polar surface area (TPSA) is 30.5 Å². The van der Waals surface area contributed by atoms with Crippen LogP contribution in [-0.2, 0) is 19.7 Å². The van der Waals surface area contributed by atoms with Crippen molar-refractivity contribution in [2.75, 3.05) is 7.11 Å². The van der Waals surface area contributed by atoms with E-state index in [2.05, 4.69) is 70.6 Å². The number of benzene rings is 3. The predicted molar refractivity (Wildman–Crippen MR) is 113 cm³/mol. The Morgan fingerprint density at radius 2 is 1.59 bits per heavy atom. The molecule has 0 aromatic heterocycles. The van der Waals surface area contributed by atoms with E-state index in [0.717, 1.165) is 34.6 Å². The molecule has 0 unspecified atom stereocenters. The molecule has 0 heterocycles. The maximum Gasteiger partial charge on any atom is 0.175 e. The monoisotopic (exact) mass is 425 g/mol. The van der Waals surface area contributed by atoms with Gasteiger partial charge in [-0.3, -0.25) is 0 Å². The first-order valence-corrected chi connectivity index (χ1v) is 9.75. The molecule has 3 rings (SSSR count). The molecule has 4 heteroatoms. The standard InChI is InChI=1S/C23H24BrNO2/c1-17-8-6-7-11-20(17)16-27-23-21(24)12-19(13-22(23)26-2)15-25-14-18-9-4-3-5-10-18/h3-13,25H,14-16H2,1-2H3. The molecule has 27 heavy (non-hydrogen) atoms. The Kier molecular flexibility index (Phi) is 6.91. The molecule has 3 aromatic carbocycles. The largest absolute Gasteiger partial charge is 0.493 e. The number of aryl methyl sites for hydroxylation is 1. The number of ether oxygens (including phenoxy) is 2. The van der Waals surface area contributed by atoms with E-state index in [4.69, 9.17) is 9.47 Å². The highest BCUT2D eigenvalue weighted by molar-refractivity contribution is 9.10. The van der Waals surface area contributed by atoms with Crippen LogP contribution >= 0.6 is 15.9 Å². The molecule has 0 aliphatic rings. The third-order valence-electron chi connectivity index (χ3n) is 4.42. The highest BCUT2D eigenvalue weighted by atomic mass is 79.9. The molecule has 1 N–H and O–H groups in total. The minimum Gasteiger partial charge on any atom is -0.493 e. The van der Waals surface area contributed by atoms with Crippen molar-refractivity contribution < 1.29 is 9.47 Å². The van der Waals surface area contributed by atoms with Gasteiger partial charge in [-0.1, -0.05) is 54.6 Å². The summed E-state index contributed by atoms with van der Waals surface area (Å²) in [5.41, 5.74) is 4.79. The Bertz CT molecular complexity index is 881. The van der Waals surface area contributed by atoms with Crippen molar-refractivity contribution in [2.45, 2.75) is 26.6 Å². The van der Waals surface area contributed by atoms with Crippen LogP contribution in [0.1, 0.15) is 22.3 Å². The molecule has 0 aliphatic carbocycles. The molecule has 0 aliphatic heterocycles. The van der Waals surface area contributed by atoms with Crippen LogP contribution in [0.15, 0.2) is 71.2 Å². The zero-order chi connectivity index (χ0) is 19.1. The third-order valence-corrected chi connectivity index (χ3v) is 5.01. The van der Waals surface area contributed by atoms with Crippen LogP contribution in [0, 0.1) is 6.92 Å². The summed E-state index contributed by atoms with van der Waals surface area (Å²) in [6.07, 6.45) is 0. The van der Waals surface area contributed by atoms with Crippen LogP contribution in [0.2, 0.25) is 0 Å². The molecule has 0 saturated heterocycles. The molecule has 0 fully saturated rings. The van der Waals surface area contributed by atoms with E-state index in [1.54, 1.807) is 7.11 Å². The molecule has 3 nitrogen and oxygen atoms in total. The Balaban J connectivity index is 1.66. The second kappa shape index (κ2) is 9.58. The van der Waals surface area contributed by atoms with Crippen molar-refractivity contribution >= 4 is 15.9 Å². The lowest BCUT2D eigenvalue weighted by molar-refractivity contribution is 0.281. The first-order valence-electron chi connectivity index (χ1n) is 8.95. The second-order valence-corrected chi connectivity index (χ2v) is 7.27. The maximum atomic E-state index is 6.06. The molecule has 0 atom stereocenters. The van der Waals surface area contributed by atoms with Crippen LogP contribution < -0.4 is 14.8 Å². The lowest BCUT2D eigenvalue weighted by Crippen LogP contribution is -2.13. The molecular weight excluding hydrogens is 402 g/mol. The summed E-state index contributed by atoms with van der Waals surface area (Å²) in [5, 5.41) is 3.46. The number of methoxy groups -OCH3 is 1. The summed E-state index contributed by atoms with van der Waals surface area (Å²) in [5.74, 6) is 1.46. The fourth-order valence-electron chi connectivity index (χ4n) is 2.88. The number of halogens is 1. The van der Waals surface area contributed by atoms with Crippen molar-refractivity contribution in [1.82, 2.24) is 5.32 Å². The van der Waals surface area contributed by atoms with Crippen LogP contribution in [0.4, 0.5) is 0 Å². The van der Waals surface area contributed by atoms with E-state index in [0.29, 0.717) is 6.61 Å². The Morgan fingerprint density at radius 1 is 0.889 bits per heavy atom. The fraction of sp³-hybridized carbons (Fsp3) is 0.217. The highest BCUT2D eigenvalue weighted by Gasteiger charge is 2.12. The molecule has 0 amide bonds. The van der Waals surface area contributed by atoms with Crippen LogP contribution in [0.3, 0.4) is 0 Å². The minimum atomic E-state index is 0.507. The Labute approximate surface area is 169 Å². The molecule has 3 aromatic rings. The molecule has 0 radical (unpaired) electrons. The SMILES string of the molecule is COc1cc(CNCc2ccccc2)cc(Br)c1OCc1ccccc1C. The number of hydrogen-bond donors (Lipinski definition) is 1. The van der Waals surface area contributed by atoms with Gasteiger partial charge in [-0.15, -0.1) is 0 Å². The average Bonchev–Trinajstić information content (AvgIpc) is 2.69. The minimum absolute atomic E-state index is 0.507.